The van der Waals surface area contributed by atoms with E-state index in [9.17, 15) is 0 Å². The normalized spacial score (nSPS) is 40.1. The number of hydrogen-bond acceptors (Lipinski definition) is 3. The fourth-order valence-electron chi connectivity index (χ4n) is 1.87. The van der Waals surface area contributed by atoms with Crippen LogP contribution in [0, 0.1) is 0 Å². The maximum Gasteiger partial charge on any atom is 0.0594 e. The van der Waals surface area contributed by atoms with E-state index in [1.807, 2.05) is 0 Å². The van der Waals surface area contributed by atoms with Gasteiger partial charge in [-0.05, 0) is 12.8 Å². The molecule has 0 amide bonds. The van der Waals surface area contributed by atoms with Crippen molar-refractivity contribution < 1.29 is 4.74 Å². The van der Waals surface area contributed by atoms with Gasteiger partial charge in [0.2, 0.25) is 0 Å². The van der Waals surface area contributed by atoms with E-state index >= 15 is 0 Å². The second kappa shape index (κ2) is 3.09. The van der Waals surface area contributed by atoms with Crippen molar-refractivity contribution in [3.05, 3.63) is 0 Å². The zero-order valence-electron chi connectivity index (χ0n) is 6.83. The van der Waals surface area contributed by atoms with E-state index in [1.54, 1.807) is 0 Å². The molecule has 0 radical (unpaired) electrons. The summed E-state index contributed by atoms with van der Waals surface area (Å²) in [7, 11) is 0. The van der Waals surface area contributed by atoms with Gasteiger partial charge in [0.1, 0.15) is 0 Å². The maximum atomic E-state index is 5.72. The maximum absolute atomic E-state index is 5.72. The lowest BCUT2D eigenvalue weighted by molar-refractivity contribution is -0.00616. The average molecular weight is 156 g/mol. The van der Waals surface area contributed by atoms with E-state index in [0.29, 0.717) is 6.04 Å². The Labute approximate surface area is 67.5 Å². The average Bonchev–Trinajstić information content (AvgIpc) is 2.01. The van der Waals surface area contributed by atoms with E-state index in [2.05, 4.69) is 4.90 Å². The van der Waals surface area contributed by atoms with E-state index in [4.69, 9.17) is 10.5 Å². The Balaban J connectivity index is 1.76. The van der Waals surface area contributed by atoms with Crippen LogP contribution in [0.25, 0.3) is 0 Å². The second-order valence-electron chi connectivity index (χ2n) is 3.53. The van der Waals surface area contributed by atoms with Crippen molar-refractivity contribution in [1.82, 2.24) is 4.90 Å². The summed E-state index contributed by atoms with van der Waals surface area (Å²) < 4.78 is 5.27. The van der Waals surface area contributed by atoms with Gasteiger partial charge in [-0.25, -0.2) is 0 Å². The van der Waals surface area contributed by atoms with Crippen molar-refractivity contribution in [3.63, 3.8) is 0 Å². The van der Waals surface area contributed by atoms with Crippen molar-refractivity contribution in [3.8, 4) is 0 Å². The highest BCUT2D eigenvalue weighted by Gasteiger charge is 2.31. The lowest BCUT2D eigenvalue weighted by Crippen LogP contribution is -2.53. The molecule has 1 aliphatic heterocycles. The molecule has 2 aliphatic rings. The molecule has 1 aliphatic carbocycles. The van der Waals surface area contributed by atoms with Crippen LogP contribution in [0.1, 0.15) is 12.8 Å². The van der Waals surface area contributed by atoms with Gasteiger partial charge in [-0.3, -0.25) is 4.90 Å². The molecule has 11 heavy (non-hydrogen) atoms. The lowest BCUT2D eigenvalue weighted by Gasteiger charge is -2.42. The molecule has 0 aromatic heterocycles. The van der Waals surface area contributed by atoms with Crippen LogP contribution in [0.15, 0.2) is 0 Å². The number of ether oxygens (including phenoxy) is 1. The predicted octanol–water partition coefficient (Wildman–Crippen LogP) is -0.192. The first-order valence-electron chi connectivity index (χ1n) is 4.43. The summed E-state index contributed by atoms with van der Waals surface area (Å²) in [4.78, 5) is 2.51. The Hall–Kier alpha value is -0.120. The quantitative estimate of drug-likeness (QED) is 0.572. The summed E-state index contributed by atoms with van der Waals surface area (Å²) in [6.45, 7) is 4.03. The zero-order chi connectivity index (χ0) is 7.68. The third-order valence-electron chi connectivity index (χ3n) is 2.71. The van der Waals surface area contributed by atoms with Crippen LogP contribution in [0.3, 0.4) is 0 Å². The van der Waals surface area contributed by atoms with Crippen molar-refractivity contribution in [1.29, 1.82) is 0 Å². The molecule has 1 saturated heterocycles. The van der Waals surface area contributed by atoms with Gasteiger partial charge in [0, 0.05) is 25.2 Å². The van der Waals surface area contributed by atoms with Crippen LogP contribution >= 0.6 is 0 Å². The SMILES string of the molecule is N[C@H]1C[C@H](N2CCOCC2)C1. The van der Waals surface area contributed by atoms with Gasteiger partial charge in [-0.1, -0.05) is 0 Å². The molecule has 3 heteroatoms. The van der Waals surface area contributed by atoms with Crippen LogP contribution in [-0.4, -0.2) is 43.3 Å². The minimum atomic E-state index is 0.475. The van der Waals surface area contributed by atoms with Gasteiger partial charge in [-0.2, -0.15) is 0 Å². The number of nitrogens with zero attached hydrogens (tertiary/aromatic N) is 1. The summed E-state index contributed by atoms with van der Waals surface area (Å²) in [5.41, 5.74) is 5.72. The summed E-state index contributed by atoms with van der Waals surface area (Å²) >= 11 is 0. The molecular formula is C8H16N2O. The molecule has 0 aromatic rings. The molecule has 0 atom stereocenters. The Morgan fingerprint density at radius 1 is 1.18 bits per heavy atom. The highest BCUT2D eigenvalue weighted by Crippen LogP contribution is 2.24. The van der Waals surface area contributed by atoms with Crippen molar-refractivity contribution >= 4 is 0 Å². The summed E-state index contributed by atoms with van der Waals surface area (Å²) in [6.07, 6.45) is 2.39. The Bertz CT molecular complexity index is 128. The Morgan fingerprint density at radius 3 is 2.36 bits per heavy atom. The first-order valence-corrected chi connectivity index (χ1v) is 4.43. The van der Waals surface area contributed by atoms with Gasteiger partial charge >= 0.3 is 0 Å². The molecule has 64 valence electrons. The van der Waals surface area contributed by atoms with Crippen LogP contribution in [0.5, 0.6) is 0 Å². The number of rotatable bonds is 1. The van der Waals surface area contributed by atoms with Gasteiger partial charge < -0.3 is 10.5 Å². The van der Waals surface area contributed by atoms with Crippen molar-refractivity contribution in [2.45, 2.75) is 24.9 Å². The van der Waals surface area contributed by atoms with E-state index < -0.39 is 0 Å². The summed E-state index contributed by atoms with van der Waals surface area (Å²) in [5.74, 6) is 0. The molecule has 0 aromatic carbocycles. The van der Waals surface area contributed by atoms with Crippen molar-refractivity contribution in [2.75, 3.05) is 26.3 Å². The minimum Gasteiger partial charge on any atom is -0.379 e. The third-order valence-corrected chi connectivity index (χ3v) is 2.71. The molecule has 0 bridgehead atoms. The van der Waals surface area contributed by atoms with Crippen LogP contribution < -0.4 is 5.73 Å². The van der Waals surface area contributed by atoms with Gasteiger partial charge in [0.05, 0.1) is 13.2 Å². The summed E-state index contributed by atoms with van der Waals surface area (Å²) in [6, 6.07) is 1.25. The molecular weight excluding hydrogens is 140 g/mol. The lowest BCUT2D eigenvalue weighted by atomic mass is 9.86. The largest absolute Gasteiger partial charge is 0.379 e. The predicted molar refractivity (Wildman–Crippen MR) is 43.4 cm³/mol. The van der Waals surface area contributed by atoms with Gasteiger partial charge in [-0.15, -0.1) is 0 Å². The van der Waals surface area contributed by atoms with E-state index in [-0.39, 0.29) is 0 Å². The molecule has 2 fully saturated rings. The fourth-order valence-corrected chi connectivity index (χ4v) is 1.87. The smallest absolute Gasteiger partial charge is 0.0594 e. The van der Waals surface area contributed by atoms with Crippen LogP contribution in [0.2, 0.25) is 0 Å². The fraction of sp³-hybridized carbons (Fsp3) is 1.00. The van der Waals surface area contributed by atoms with Gasteiger partial charge in [0.15, 0.2) is 0 Å². The summed E-state index contributed by atoms with van der Waals surface area (Å²) in [5, 5.41) is 0. The molecule has 1 saturated carbocycles. The second-order valence-corrected chi connectivity index (χ2v) is 3.53. The highest BCUT2D eigenvalue weighted by atomic mass is 16.5. The molecule has 1 heterocycles. The minimum absolute atomic E-state index is 0.475. The van der Waals surface area contributed by atoms with E-state index in [0.717, 1.165) is 32.3 Å². The number of hydrogen-bond donors (Lipinski definition) is 1. The van der Waals surface area contributed by atoms with Crippen molar-refractivity contribution in [2.24, 2.45) is 5.73 Å². The monoisotopic (exact) mass is 156 g/mol. The zero-order valence-corrected chi connectivity index (χ0v) is 6.83. The molecule has 0 unspecified atom stereocenters. The first kappa shape index (κ1) is 7.53. The number of nitrogens with two attached hydrogens (primary N) is 1. The highest BCUT2D eigenvalue weighted by molar-refractivity contribution is 4.90. The number of morpholine rings is 1. The van der Waals surface area contributed by atoms with Crippen LogP contribution in [-0.2, 0) is 4.74 Å². The molecule has 2 rings (SSSR count). The van der Waals surface area contributed by atoms with E-state index in [1.165, 1.54) is 12.8 Å². The standard InChI is InChI=1S/C8H16N2O/c9-7-5-8(6-7)10-1-3-11-4-2-10/h7-8H,1-6,9H2/t7-,8-. The first-order chi connectivity index (χ1) is 5.36. The van der Waals surface area contributed by atoms with Crippen LogP contribution in [0.4, 0.5) is 0 Å². The molecule has 0 spiro atoms. The third kappa shape index (κ3) is 1.55. The van der Waals surface area contributed by atoms with Gasteiger partial charge in [0.25, 0.3) is 0 Å². The molecule has 2 N–H and O–H groups in total. The Morgan fingerprint density at radius 2 is 1.82 bits per heavy atom. The topological polar surface area (TPSA) is 38.5 Å². The Kier molecular flexibility index (Phi) is 2.11. The molecule has 3 nitrogen and oxygen atoms in total.